The largest absolute Gasteiger partial charge is 0.340 e. The molecule has 0 spiro atoms. The van der Waals surface area contributed by atoms with Gasteiger partial charge >= 0.3 is 0 Å². The molecule has 2 aromatic heterocycles. The van der Waals surface area contributed by atoms with Gasteiger partial charge in [-0.15, -0.1) is 0 Å². The SMILES string of the molecule is CCCCCCc1ccc2c(c1)c1cc(CCCCCC)ccc1n2CCCN1C(=O)c2ccc3c4c(C#N)cc5c6c(ccc(c7c(C#N)cc(c2c37)C1=O)c64)C(=O)N(CCCn1c2ccc(CCCCCC)cc2c2cc(CCCCCC)ccc21)C5=O. The van der Waals surface area contributed by atoms with Crippen LogP contribution in [0.1, 0.15) is 218 Å². The van der Waals surface area contributed by atoms with E-state index >= 15 is 0 Å². The van der Waals surface area contributed by atoms with E-state index in [1.165, 1.54) is 131 Å². The average molecular weight is 1190 g/mol. The summed E-state index contributed by atoms with van der Waals surface area (Å²) in [6.45, 7) is 10.5. The molecule has 0 saturated carbocycles. The van der Waals surface area contributed by atoms with Crippen LogP contribution in [0.25, 0.3) is 86.7 Å². The van der Waals surface area contributed by atoms with E-state index in [0.29, 0.717) is 80.1 Å². The molecule has 11 aromatic rings. The molecular formula is C80H82N6O4. The number of imide groups is 2. The van der Waals surface area contributed by atoms with E-state index in [4.69, 9.17) is 0 Å². The van der Waals surface area contributed by atoms with Crippen molar-refractivity contribution in [2.24, 2.45) is 0 Å². The van der Waals surface area contributed by atoms with E-state index < -0.39 is 23.6 Å². The van der Waals surface area contributed by atoms with Gasteiger partial charge in [0.1, 0.15) is 0 Å². The van der Waals surface area contributed by atoms with E-state index in [2.05, 4.69) is 122 Å². The van der Waals surface area contributed by atoms with Crippen LogP contribution in [0.5, 0.6) is 0 Å². The zero-order chi connectivity index (χ0) is 62.2. The summed E-state index contributed by atoms with van der Waals surface area (Å²) in [6.07, 6.45) is 24.5. The van der Waals surface area contributed by atoms with Gasteiger partial charge in [-0.1, -0.05) is 141 Å². The van der Waals surface area contributed by atoms with Crippen molar-refractivity contribution in [3.8, 4) is 12.1 Å². The zero-order valence-corrected chi connectivity index (χ0v) is 53.1. The van der Waals surface area contributed by atoms with Gasteiger partial charge in [0.25, 0.3) is 23.6 Å². The van der Waals surface area contributed by atoms with Crippen molar-refractivity contribution in [1.82, 2.24) is 18.9 Å². The molecule has 4 amide bonds. The number of nitriles is 2. The van der Waals surface area contributed by atoms with Crippen LogP contribution in [0.4, 0.5) is 0 Å². The molecule has 0 unspecified atom stereocenters. The molecule has 2 aliphatic rings. The lowest BCUT2D eigenvalue weighted by Gasteiger charge is -2.31. The van der Waals surface area contributed by atoms with Crippen LogP contribution < -0.4 is 0 Å². The smallest absolute Gasteiger partial charge is 0.261 e. The summed E-state index contributed by atoms with van der Waals surface area (Å²) in [4.78, 5) is 62.5. The van der Waals surface area contributed by atoms with E-state index in [1.54, 1.807) is 24.3 Å². The minimum absolute atomic E-state index is 0.168. The maximum atomic E-state index is 15.0. The average Bonchev–Trinajstić information content (AvgIpc) is 0.862. The molecule has 2 aliphatic heterocycles. The third-order valence-corrected chi connectivity index (χ3v) is 20.0. The second kappa shape index (κ2) is 25.9. The van der Waals surface area contributed by atoms with Crippen molar-refractivity contribution >= 4 is 110 Å². The van der Waals surface area contributed by atoms with Crippen LogP contribution in [0.2, 0.25) is 0 Å². The third-order valence-electron chi connectivity index (χ3n) is 20.0. The first-order valence-corrected chi connectivity index (χ1v) is 34.0. The second-order valence-electron chi connectivity index (χ2n) is 25.9. The summed E-state index contributed by atoms with van der Waals surface area (Å²) in [5.41, 5.74) is 11.6. The van der Waals surface area contributed by atoms with Gasteiger partial charge in [-0.3, -0.25) is 29.0 Å². The number of hydrogen-bond donors (Lipinski definition) is 0. The number of carbonyl (C=O) groups excluding carboxylic acids is 4. The van der Waals surface area contributed by atoms with E-state index in [-0.39, 0.29) is 35.3 Å². The standard InChI is InChI=1S/C80H82N6O4/c1-5-9-13-17-23-51-27-35-67-61(43-51)62-44-52(24-18-14-10-6-2)28-36-68(62)83(67)39-21-41-85-77(87)59-33-31-57-72-56(50-82)48-66-74-60(34-32-58(76(72)74)71-55(49-81)47-65(79(85)89)73(59)75(57)71)78(88)86(80(66)90)42-22-40-84-69-37-29-53(25-19-15-11-7-3)45-63(69)64-46-54(30-38-70(64)84)26-20-16-12-8-4/h27-38,43-48H,5-26,39-42H2,1-4H3. The number of aryl methyl sites for hydroxylation is 6. The zero-order valence-electron chi connectivity index (χ0n) is 53.1. The number of benzene rings is 9. The molecule has 9 aromatic carbocycles. The van der Waals surface area contributed by atoms with Gasteiger partial charge in [0.2, 0.25) is 0 Å². The Morgan fingerprint density at radius 3 is 0.911 bits per heavy atom. The Balaban J connectivity index is 0.795. The lowest BCUT2D eigenvalue weighted by molar-refractivity contribution is 0.0592. The topological polar surface area (TPSA) is 132 Å². The number of nitrogens with zero attached hydrogens (tertiary/aromatic N) is 6. The fraction of sp³-hybridized carbons (Fsp3) is 0.375. The highest BCUT2D eigenvalue weighted by Gasteiger charge is 2.39. The summed E-state index contributed by atoms with van der Waals surface area (Å²) in [5.74, 6) is -1.75. The van der Waals surface area contributed by atoms with E-state index in [1.807, 2.05) is 12.1 Å². The Morgan fingerprint density at radius 2 is 0.611 bits per heavy atom. The molecule has 456 valence electrons. The predicted molar refractivity (Wildman–Crippen MR) is 367 cm³/mol. The van der Waals surface area contributed by atoms with Crippen molar-refractivity contribution in [3.05, 3.63) is 165 Å². The van der Waals surface area contributed by atoms with Crippen LogP contribution in [-0.4, -0.2) is 55.7 Å². The van der Waals surface area contributed by atoms with Gasteiger partial charge in [-0.2, -0.15) is 10.5 Å². The molecule has 4 heterocycles. The maximum Gasteiger partial charge on any atom is 0.261 e. The summed E-state index contributed by atoms with van der Waals surface area (Å²) in [7, 11) is 0. The van der Waals surface area contributed by atoms with Gasteiger partial charge < -0.3 is 9.13 Å². The lowest BCUT2D eigenvalue weighted by atomic mass is 9.79. The molecular weight excluding hydrogens is 1110 g/mol. The molecule has 0 radical (unpaired) electrons. The minimum Gasteiger partial charge on any atom is -0.340 e. The molecule has 0 atom stereocenters. The Bertz CT molecular complexity index is 4320. The number of rotatable bonds is 28. The number of unbranched alkanes of at least 4 members (excludes halogenated alkanes) is 12. The minimum atomic E-state index is -0.467. The van der Waals surface area contributed by atoms with Crippen molar-refractivity contribution in [3.63, 3.8) is 0 Å². The van der Waals surface area contributed by atoms with Gasteiger partial charge in [-0.25, -0.2) is 0 Å². The molecule has 0 aliphatic carbocycles. The molecule has 0 bridgehead atoms. The molecule has 0 saturated heterocycles. The third kappa shape index (κ3) is 10.6. The Labute approximate surface area is 528 Å². The fourth-order valence-corrected chi connectivity index (χ4v) is 15.4. The number of carbonyl (C=O) groups is 4. The van der Waals surface area contributed by atoms with E-state index in [0.717, 1.165) is 73.4 Å². The highest BCUT2D eigenvalue weighted by Crippen LogP contribution is 2.49. The molecule has 13 rings (SSSR count). The predicted octanol–water partition coefficient (Wildman–Crippen LogP) is 19.6. The Kier molecular flexibility index (Phi) is 17.3. The van der Waals surface area contributed by atoms with E-state index in [9.17, 15) is 29.7 Å². The number of aromatic nitrogens is 2. The summed E-state index contributed by atoms with van der Waals surface area (Å²) >= 11 is 0. The van der Waals surface area contributed by atoms with Gasteiger partial charge in [-0.05, 0) is 170 Å². The van der Waals surface area contributed by atoms with Crippen LogP contribution in [0, 0.1) is 22.7 Å². The highest BCUT2D eigenvalue weighted by molar-refractivity contribution is 6.42. The van der Waals surface area contributed by atoms with Crippen molar-refractivity contribution in [1.29, 1.82) is 10.5 Å². The number of amides is 4. The quantitative estimate of drug-likeness (QED) is 0.0208. The monoisotopic (exact) mass is 1190 g/mol. The lowest BCUT2D eigenvalue weighted by Crippen LogP contribution is -2.41. The fourth-order valence-electron chi connectivity index (χ4n) is 15.4. The summed E-state index contributed by atoms with van der Waals surface area (Å²) in [6, 6.07) is 42.7. The highest BCUT2D eigenvalue weighted by atomic mass is 16.2. The van der Waals surface area contributed by atoms with Crippen molar-refractivity contribution in [2.45, 2.75) is 182 Å². The number of hydrogen-bond acceptors (Lipinski definition) is 6. The molecule has 0 N–H and O–H groups in total. The second-order valence-corrected chi connectivity index (χ2v) is 25.9. The Morgan fingerprint density at radius 1 is 0.300 bits per heavy atom. The van der Waals surface area contributed by atoms with Crippen LogP contribution in [0.3, 0.4) is 0 Å². The summed E-state index contributed by atoms with van der Waals surface area (Å²) in [5, 5.41) is 31.3. The van der Waals surface area contributed by atoms with Crippen molar-refractivity contribution < 1.29 is 19.2 Å². The summed E-state index contributed by atoms with van der Waals surface area (Å²) < 4.78 is 4.69. The molecule has 10 nitrogen and oxygen atoms in total. The van der Waals surface area contributed by atoms with Crippen LogP contribution in [-0.2, 0) is 38.8 Å². The van der Waals surface area contributed by atoms with Crippen LogP contribution >= 0.6 is 0 Å². The van der Waals surface area contributed by atoms with Gasteiger partial charge in [0.15, 0.2) is 0 Å². The van der Waals surface area contributed by atoms with Crippen LogP contribution in [0.15, 0.2) is 109 Å². The van der Waals surface area contributed by atoms with Crippen molar-refractivity contribution in [2.75, 3.05) is 13.1 Å². The Hall–Kier alpha value is -8.86. The molecule has 10 heteroatoms. The maximum absolute atomic E-state index is 15.0. The first-order valence-electron chi connectivity index (χ1n) is 34.0. The molecule has 90 heavy (non-hydrogen) atoms. The first-order chi connectivity index (χ1) is 44.1. The number of fused-ring (bicyclic) bond motifs is 8. The molecule has 0 fully saturated rings. The first kappa shape index (κ1) is 60.1. The van der Waals surface area contributed by atoms with Gasteiger partial charge in [0, 0.05) is 113 Å². The normalized spacial score (nSPS) is 13.4. The van der Waals surface area contributed by atoms with Gasteiger partial charge in [0.05, 0.1) is 34.4 Å².